The number of aromatic nitrogens is 1. The van der Waals surface area contributed by atoms with Crippen molar-refractivity contribution in [3.63, 3.8) is 0 Å². The maximum Gasteiger partial charge on any atom is 0.325 e. The van der Waals surface area contributed by atoms with Gasteiger partial charge in [-0.3, -0.25) is 9.69 Å². The smallest absolute Gasteiger partial charge is 0.325 e. The van der Waals surface area contributed by atoms with Gasteiger partial charge in [0.1, 0.15) is 11.9 Å². The van der Waals surface area contributed by atoms with Gasteiger partial charge in [-0.1, -0.05) is 24.3 Å². The highest BCUT2D eigenvalue weighted by atomic mass is 19.3. The summed E-state index contributed by atoms with van der Waals surface area (Å²) in [6, 6.07) is 8.75. The Hall–Kier alpha value is -2.62. The molecule has 0 aliphatic carbocycles. The number of methoxy groups -OCH3 is 1. The highest BCUT2D eigenvalue weighted by Crippen LogP contribution is 2.41. The summed E-state index contributed by atoms with van der Waals surface area (Å²) in [5, 5.41) is 13.6. The molecule has 2 aromatic rings. The lowest BCUT2D eigenvalue weighted by atomic mass is 9.85. The van der Waals surface area contributed by atoms with Gasteiger partial charge in [0.05, 0.1) is 18.3 Å². The van der Waals surface area contributed by atoms with Gasteiger partial charge in [0.15, 0.2) is 0 Å². The summed E-state index contributed by atoms with van der Waals surface area (Å²) < 4.78 is 42.5. The minimum Gasteiger partial charge on any atom is -0.480 e. The van der Waals surface area contributed by atoms with Crippen LogP contribution in [-0.4, -0.2) is 65.3 Å². The molecular formula is C32H43F2N3O4. The number of likely N-dealkylation sites (tertiary alicyclic amines) is 1. The molecule has 5 rings (SSSR count). The second-order valence-electron chi connectivity index (χ2n) is 12.3. The van der Waals surface area contributed by atoms with Crippen molar-refractivity contribution in [1.82, 2.24) is 9.88 Å². The number of aliphatic carboxylic acids is 1. The highest BCUT2D eigenvalue weighted by molar-refractivity contribution is 5.76. The summed E-state index contributed by atoms with van der Waals surface area (Å²) in [6.07, 6.45) is 4.21. The molecule has 1 aromatic heterocycles. The standard InChI is InChI=1S/C32H43F2N3O4/c1-31(2,40-3)27-18-26-22(20-41-27)8-6-11-25(26)28(30(38)39)37-17-14-23(19-37)32(33,34)15-5-4-10-24-13-12-21-9-7-16-35-29(21)36-24/h6,8,11-13,23,27-28H,4-5,7,9-10,14-20H2,1-3H3,(H,35,36)(H,38,39)/t23-,27+,28-/m1/s1. The second-order valence-corrected chi connectivity index (χ2v) is 12.3. The second kappa shape index (κ2) is 12.3. The molecule has 3 aliphatic rings. The van der Waals surface area contributed by atoms with Crippen molar-refractivity contribution in [2.45, 2.75) is 95.5 Å². The zero-order chi connectivity index (χ0) is 29.2. The molecule has 3 atom stereocenters. The van der Waals surface area contributed by atoms with Crippen LogP contribution in [0.1, 0.15) is 79.9 Å². The summed E-state index contributed by atoms with van der Waals surface area (Å²) >= 11 is 0. The third-order valence-corrected chi connectivity index (χ3v) is 9.30. The number of pyridine rings is 1. The first-order valence-electron chi connectivity index (χ1n) is 14.9. The lowest BCUT2D eigenvalue weighted by Gasteiger charge is -2.38. The molecule has 0 bridgehead atoms. The van der Waals surface area contributed by atoms with Gasteiger partial charge in [-0.25, -0.2) is 13.8 Å². The number of anilines is 1. The van der Waals surface area contributed by atoms with Crippen molar-refractivity contribution in [1.29, 1.82) is 0 Å². The monoisotopic (exact) mass is 571 g/mol. The lowest BCUT2D eigenvalue weighted by Crippen LogP contribution is -2.44. The Bertz CT molecular complexity index is 1240. The zero-order valence-electron chi connectivity index (χ0n) is 24.4. The molecule has 1 saturated heterocycles. The van der Waals surface area contributed by atoms with Gasteiger partial charge in [-0.2, -0.15) is 0 Å². The van der Waals surface area contributed by atoms with E-state index in [0.717, 1.165) is 42.0 Å². The van der Waals surface area contributed by atoms with Crippen molar-refractivity contribution >= 4 is 11.8 Å². The van der Waals surface area contributed by atoms with Crippen LogP contribution in [0.15, 0.2) is 30.3 Å². The lowest BCUT2D eigenvalue weighted by molar-refractivity contribution is -0.143. The van der Waals surface area contributed by atoms with E-state index < -0.39 is 29.5 Å². The number of rotatable bonds is 11. The van der Waals surface area contributed by atoms with Crippen LogP contribution >= 0.6 is 0 Å². The maximum absolute atomic E-state index is 15.4. The average Bonchev–Trinajstić information content (AvgIpc) is 3.46. The van der Waals surface area contributed by atoms with Crippen LogP contribution in [0, 0.1) is 5.92 Å². The number of benzene rings is 1. The fraction of sp³-hybridized carbons (Fsp3) is 0.625. The van der Waals surface area contributed by atoms with E-state index in [0.29, 0.717) is 44.4 Å². The summed E-state index contributed by atoms with van der Waals surface area (Å²) in [6.45, 7) is 5.59. The highest BCUT2D eigenvalue weighted by Gasteiger charge is 2.46. The van der Waals surface area contributed by atoms with Gasteiger partial charge < -0.3 is 19.9 Å². The molecule has 0 spiro atoms. The SMILES string of the molecule is COC(C)(C)[C@@H]1Cc2c(cccc2[C@H](C(=O)O)N2CC[C@@H](C(F)(F)CCCCc3ccc4c(n3)NCCC4)C2)CO1. The number of fused-ring (bicyclic) bond motifs is 2. The van der Waals surface area contributed by atoms with Gasteiger partial charge in [0.2, 0.25) is 0 Å². The average molecular weight is 572 g/mol. The third-order valence-electron chi connectivity index (χ3n) is 9.30. The van der Waals surface area contributed by atoms with Crippen molar-refractivity contribution < 1.29 is 28.2 Å². The predicted molar refractivity (Wildman–Crippen MR) is 153 cm³/mol. The number of alkyl halides is 2. The topological polar surface area (TPSA) is 83.9 Å². The number of nitrogens with zero attached hydrogens (tertiary/aromatic N) is 2. The molecule has 9 heteroatoms. The van der Waals surface area contributed by atoms with Crippen LogP contribution in [0.5, 0.6) is 0 Å². The minimum atomic E-state index is -2.85. The molecule has 3 aliphatic heterocycles. The van der Waals surface area contributed by atoms with E-state index in [4.69, 9.17) is 9.47 Å². The normalized spacial score (nSPS) is 22.1. The number of halogens is 2. The summed E-state index contributed by atoms with van der Waals surface area (Å²) in [4.78, 5) is 19.0. The number of nitrogens with one attached hydrogen (secondary N) is 1. The van der Waals surface area contributed by atoms with E-state index in [1.165, 1.54) is 5.56 Å². The first kappa shape index (κ1) is 29.9. The summed E-state index contributed by atoms with van der Waals surface area (Å²) in [5.41, 5.74) is 4.17. The van der Waals surface area contributed by atoms with E-state index in [-0.39, 0.29) is 25.5 Å². The number of aryl methyl sites for hydroxylation is 2. The van der Waals surface area contributed by atoms with E-state index in [1.54, 1.807) is 12.0 Å². The quantitative estimate of drug-likeness (QED) is 0.330. The Balaban J connectivity index is 1.21. The van der Waals surface area contributed by atoms with E-state index in [2.05, 4.69) is 16.4 Å². The number of carboxylic acid groups (broad SMARTS) is 1. The minimum absolute atomic E-state index is 0.0647. The maximum atomic E-state index is 15.4. The van der Waals surface area contributed by atoms with Crippen LogP contribution in [0.4, 0.5) is 14.6 Å². The van der Waals surface area contributed by atoms with Crippen LogP contribution in [-0.2, 0) is 40.1 Å². The molecule has 1 aromatic carbocycles. The van der Waals surface area contributed by atoms with Crippen molar-refractivity contribution in [2.75, 3.05) is 32.1 Å². The molecule has 1 fully saturated rings. The number of ether oxygens (including phenoxy) is 2. The van der Waals surface area contributed by atoms with Crippen LogP contribution in [0.2, 0.25) is 0 Å². The van der Waals surface area contributed by atoms with Crippen molar-refractivity contribution in [3.05, 3.63) is 58.3 Å². The number of hydrogen-bond donors (Lipinski definition) is 2. The Morgan fingerprint density at radius 3 is 2.85 bits per heavy atom. The predicted octanol–water partition coefficient (Wildman–Crippen LogP) is 5.80. The summed E-state index contributed by atoms with van der Waals surface area (Å²) in [7, 11) is 1.64. The molecule has 0 saturated carbocycles. The Kier molecular flexibility index (Phi) is 8.97. The Morgan fingerprint density at radius 2 is 2.07 bits per heavy atom. The van der Waals surface area contributed by atoms with Gasteiger partial charge in [-0.15, -0.1) is 0 Å². The molecule has 7 nitrogen and oxygen atoms in total. The van der Waals surface area contributed by atoms with E-state index in [1.807, 2.05) is 38.1 Å². The van der Waals surface area contributed by atoms with Crippen LogP contribution in [0.25, 0.3) is 0 Å². The Morgan fingerprint density at radius 1 is 1.24 bits per heavy atom. The number of unbranched alkanes of at least 4 members (excludes halogenated alkanes) is 1. The molecule has 0 unspecified atom stereocenters. The van der Waals surface area contributed by atoms with Crippen molar-refractivity contribution in [3.8, 4) is 0 Å². The molecule has 41 heavy (non-hydrogen) atoms. The fourth-order valence-corrected chi connectivity index (χ4v) is 6.54. The molecule has 0 amide bonds. The van der Waals surface area contributed by atoms with Crippen LogP contribution < -0.4 is 5.32 Å². The molecule has 2 N–H and O–H groups in total. The number of carboxylic acids is 1. The fourth-order valence-electron chi connectivity index (χ4n) is 6.54. The first-order chi connectivity index (χ1) is 19.6. The van der Waals surface area contributed by atoms with Gasteiger partial charge >= 0.3 is 5.97 Å². The van der Waals surface area contributed by atoms with Gasteiger partial charge in [0.25, 0.3) is 5.92 Å². The van der Waals surface area contributed by atoms with E-state index >= 15 is 8.78 Å². The van der Waals surface area contributed by atoms with Crippen LogP contribution in [0.3, 0.4) is 0 Å². The largest absolute Gasteiger partial charge is 0.480 e. The molecule has 4 heterocycles. The number of carbonyl (C=O) groups is 1. The molecule has 224 valence electrons. The molecule has 0 radical (unpaired) electrons. The number of hydrogen-bond acceptors (Lipinski definition) is 6. The zero-order valence-corrected chi connectivity index (χ0v) is 24.4. The molecular weight excluding hydrogens is 528 g/mol. The van der Waals surface area contributed by atoms with Gasteiger partial charge in [0, 0.05) is 44.7 Å². The third kappa shape index (κ3) is 6.57. The van der Waals surface area contributed by atoms with Crippen molar-refractivity contribution in [2.24, 2.45) is 5.92 Å². The van der Waals surface area contributed by atoms with E-state index in [9.17, 15) is 9.90 Å². The van der Waals surface area contributed by atoms with Gasteiger partial charge in [-0.05, 0) is 87.2 Å². The first-order valence-corrected chi connectivity index (χ1v) is 14.9. The Labute approximate surface area is 241 Å². The summed E-state index contributed by atoms with van der Waals surface area (Å²) in [5.74, 6) is -3.79.